The largest absolute Gasteiger partial charge is 0.385 e. The second-order valence-corrected chi connectivity index (χ2v) is 9.02. The van der Waals surface area contributed by atoms with Crippen LogP contribution in [0.25, 0.3) is 0 Å². The van der Waals surface area contributed by atoms with Gasteiger partial charge in [0.15, 0.2) is 0 Å². The first-order valence-electron chi connectivity index (χ1n) is 11.5. The van der Waals surface area contributed by atoms with Gasteiger partial charge in [0.25, 0.3) is 0 Å². The van der Waals surface area contributed by atoms with E-state index in [9.17, 15) is 14.5 Å². The van der Waals surface area contributed by atoms with E-state index < -0.39 is 5.91 Å². The number of hydrogen-bond donors (Lipinski definition) is 4. The average molecular weight is 476 g/mol. The number of aromatic nitrogens is 1. The van der Waals surface area contributed by atoms with Crippen molar-refractivity contribution in [3.05, 3.63) is 34.4 Å². The molecule has 2 rings (SSSR count). The molecule has 0 aliphatic carbocycles. The highest BCUT2D eigenvalue weighted by Crippen LogP contribution is 2.28. The number of rotatable bonds is 15. The Labute approximate surface area is 198 Å². The smallest absolute Gasteiger partial charge is 0.341 e. The number of H-pyrrole nitrogens is 1. The molecule has 0 aliphatic heterocycles. The Morgan fingerprint density at radius 2 is 1.70 bits per heavy atom. The van der Waals surface area contributed by atoms with E-state index in [-0.39, 0.29) is 10.9 Å². The summed E-state index contributed by atoms with van der Waals surface area (Å²) in [6, 6.07) is 5.25. The number of aryl methyl sites for hydroxylation is 1. The number of thiazole rings is 1. The van der Waals surface area contributed by atoms with Crippen LogP contribution >= 0.6 is 11.3 Å². The Morgan fingerprint density at radius 3 is 2.30 bits per heavy atom. The lowest BCUT2D eigenvalue weighted by molar-refractivity contribution is -0.363. The Kier molecular flexibility index (Phi) is 11.5. The third kappa shape index (κ3) is 9.27. The number of aromatic amines is 1. The van der Waals surface area contributed by atoms with E-state index in [0.29, 0.717) is 22.1 Å². The molecule has 33 heavy (non-hydrogen) atoms. The minimum Gasteiger partial charge on any atom is -0.385 e. The summed E-state index contributed by atoms with van der Waals surface area (Å²) in [5.41, 5.74) is 7.67. The second-order valence-electron chi connectivity index (χ2n) is 8.02. The number of anilines is 3. The van der Waals surface area contributed by atoms with Crippen molar-refractivity contribution in [1.29, 1.82) is 0 Å². The van der Waals surface area contributed by atoms with Gasteiger partial charge in [-0.1, -0.05) is 38.5 Å². The fourth-order valence-corrected chi connectivity index (χ4v) is 4.23. The molecule has 0 fully saturated rings. The Bertz CT molecular complexity index is 931. The lowest BCUT2D eigenvalue weighted by atomic mass is 10.1. The van der Waals surface area contributed by atoms with Crippen LogP contribution in [0.5, 0.6) is 0 Å². The molecule has 0 bridgehead atoms. The first-order valence-corrected chi connectivity index (χ1v) is 12.3. The number of amides is 2. The van der Waals surface area contributed by atoms with Gasteiger partial charge in [0, 0.05) is 26.1 Å². The molecule has 0 aliphatic rings. The Hall–Kier alpha value is -2.85. The minimum absolute atomic E-state index is 0.265. The van der Waals surface area contributed by atoms with Crippen LogP contribution in [-0.4, -0.2) is 24.9 Å². The van der Waals surface area contributed by atoms with Crippen molar-refractivity contribution in [1.82, 2.24) is 0 Å². The summed E-state index contributed by atoms with van der Waals surface area (Å²) in [5.74, 6) is -0.662. The van der Waals surface area contributed by atoms with Gasteiger partial charge in [-0.05, 0) is 54.1 Å². The number of benzene rings is 1. The summed E-state index contributed by atoms with van der Waals surface area (Å²) in [6.07, 6.45) is 9.58. The quantitative estimate of drug-likeness (QED) is 0.213. The van der Waals surface area contributed by atoms with Crippen LogP contribution in [-0.2, 0) is 4.79 Å². The molecule has 180 valence electrons. The van der Waals surface area contributed by atoms with Crippen LogP contribution in [0.1, 0.15) is 74.3 Å². The van der Waals surface area contributed by atoms with Crippen LogP contribution in [0.2, 0.25) is 0 Å². The molecular formula is C23H35N6O3S+. The van der Waals surface area contributed by atoms with Crippen molar-refractivity contribution >= 4 is 44.7 Å². The van der Waals surface area contributed by atoms with E-state index in [1.807, 2.05) is 6.07 Å². The first-order chi connectivity index (χ1) is 15.9. The maximum absolute atomic E-state index is 12.8. The zero-order chi connectivity index (χ0) is 24.1. The molecule has 0 radical (unpaired) electrons. The lowest BCUT2D eigenvalue weighted by Crippen LogP contribution is -2.20. The summed E-state index contributed by atoms with van der Waals surface area (Å²) in [7, 11) is 0. The molecule has 2 aromatic rings. The maximum atomic E-state index is 12.8. The van der Waals surface area contributed by atoms with Crippen molar-refractivity contribution in [2.45, 2.75) is 65.2 Å². The molecular weight excluding hydrogens is 440 g/mol. The summed E-state index contributed by atoms with van der Waals surface area (Å²) < 4.78 is 0. The van der Waals surface area contributed by atoms with Gasteiger partial charge >= 0.3 is 11.0 Å². The molecule has 1 aromatic carbocycles. The molecule has 6 N–H and O–H groups in total. The fourth-order valence-electron chi connectivity index (χ4n) is 3.44. The fraction of sp³-hybridized carbons (Fsp3) is 0.522. The van der Waals surface area contributed by atoms with Crippen molar-refractivity contribution in [3.8, 4) is 0 Å². The number of hydrogen-bond acceptors (Lipinski definition) is 7. The zero-order valence-electron chi connectivity index (χ0n) is 19.5. The van der Waals surface area contributed by atoms with Crippen LogP contribution in [0.3, 0.4) is 0 Å². The van der Waals surface area contributed by atoms with Crippen molar-refractivity contribution in [2.24, 2.45) is 10.9 Å². The van der Waals surface area contributed by atoms with E-state index in [1.54, 1.807) is 19.1 Å². The van der Waals surface area contributed by atoms with Gasteiger partial charge < -0.3 is 16.4 Å². The number of nitrogens with two attached hydrogens (primary N) is 1. The second kappa shape index (κ2) is 14.3. The SMILES string of the molecule is CC(=O)Nc1cc(NCCCCCCCCCCN)ccc1C(=O)Nc1[nH+]c(C)c(N=O)s1. The van der Waals surface area contributed by atoms with Crippen LogP contribution in [0.4, 0.5) is 21.5 Å². The topological polar surface area (TPSA) is 140 Å². The molecule has 2 amide bonds. The summed E-state index contributed by atoms with van der Waals surface area (Å²) in [6.45, 7) is 4.71. The molecule has 9 nitrogen and oxygen atoms in total. The standard InChI is InChI=1S/C23H34N6O3S/c1-16-22(29-32)33-23(26-16)28-21(31)19-12-11-18(15-20(19)27-17(2)30)25-14-10-8-6-4-3-5-7-9-13-24/h11-12,15,25H,3-10,13-14,24H2,1-2H3,(H,27,30)(H,26,28,31)/p+1. The Balaban J connectivity index is 1.87. The molecule has 0 atom stereocenters. The zero-order valence-corrected chi connectivity index (χ0v) is 20.3. The molecule has 1 aromatic heterocycles. The normalized spacial score (nSPS) is 10.6. The summed E-state index contributed by atoms with van der Waals surface area (Å²) >= 11 is 1.06. The lowest BCUT2D eigenvalue weighted by Gasteiger charge is -2.12. The number of carbonyl (C=O) groups is 2. The predicted octanol–water partition coefficient (Wildman–Crippen LogP) is 4.97. The summed E-state index contributed by atoms with van der Waals surface area (Å²) in [5, 5.41) is 12.4. The van der Waals surface area contributed by atoms with Crippen molar-refractivity contribution < 1.29 is 14.6 Å². The highest BCUT2D eigenvalue weighted by atomic mass is 32.1. The van der Waals surface area contributed by atoms with Gasteiger partial charge in [0.05, 0.1) is 11.3 Å². The highest BCUT2D eigenvalue weighted by molar-refractivity contribution is 7.19. The number of carbonyl (C=O) groups excluding carboxylic acids is 2. The number of nitrogens with zero attached hydrogens (tertiary/aromatic N) is 1. The third-order valence-electron chi connectivity index (χ3n) is 5.17. The minimum atomic E-state index is -0.397. The molecule has 1 heterocycles. The monoisotopic (exact) mass is 475 g/mol. The van der Waals surface area contributed by atoms with Crippen LogP contribution in [0.15, 0.2) is 23.4 Å². The van der Waals surface area contributed by atoms with Gasteiger partial charge in [-0.25, -0.2) is 9.78 Å². The average Bonchev–Trinajstić information content (AvgIpc) is 3.13. The first kappa shape index (κ1) is 26.4. The van der Waals surface area contributed by atoms with Crippen molar-refractivity contribution in [2.75, 3.05) is 29.0 Å². The van der Waals surface area contributed by atoms with Gasteiger partial charge in [-0.15, -0.1) is 4.91 Å². The van der Waals surface area contributed by atoms with Crippen molar-refractivity contribution in [3.63, 3.8) is 0 Å². The van der Waals surface area contributed by atoms with Crippen LogP contribution < -0.4 is 26.7 Å². The summed E-state index contributed by atoms with van der Waals surface area (Å²) in [4.78, 5) is 38.1. The molecule has 0 saturated heterocycles. The number of nitroso groups, excluding NO2 is 1. The molecule has 10 heteroatoms. The van der Waals surface area contributed by atoms with E-state index in [0.717, 1.165) is 49.4 Å². The molecule has 0 saturated carbocycles. The Morgan fingerprint density at radius 1 is 1.03 bits per heavy atom. The number of unbranched alkanes of at least 4 members (excludes halogenated alkanes) is 7. The molecule has 0 spiro atoms. The number of nitrogens with one attached hydrogen (secondary N) is 4. The van der Waals surface area contributed by atoms with Gasteiger partial charge in [-0.2, -0.15) is 5.32 Å². The molecule has 0 unspecified atom stereocenters. The van der Waals surface area contributed by atoms with E-state index in [2.05, 4.69) is 26.1 Å². The third-order valence-corrected chi connectivity index (χ3v) is 6.15. The predicted molar refractivity (Wildman–Crippen MR) is 134 cm³/mol. The van der Waals surface area contributed by atoms with E-state index in [1.165, 1.54) is 39.0 Å². The van der Waals surface area contributed by atoms with E-state index >= 15 is 0 Å². The van der Waals surface area contributed by atoms with Gasteiger partial charge in [0.2, 0.25) is 10.9 Å². The van der Waals surface area contributed by atoms with Gasteiger partial charge in [-0.3, -0.25) is 4.79 Å². The van der Waals surface area contributed by atoms with Crippen LogP contribution in [0, 0.1) is 11.8 Å². The van der Waals surface area contributed by atoms with E-state index in [4.69, 9.17) is 5.73 Å². The van der Waals surface area contributed by atoms with Gasteiger partial charge in [0.1, 0.15) is 5.69 Å². The maximum Gasteiger partial charge on any atom is 0.341 e. The highest BCUT2D eigenvalue weighted by Gasteiger charge is 2.21.